The van der Waals surface area contributed by atoms with Gasteiger partial charge < -0.3 is 5.32 Å². The fourth-order valence-electron chi connectivity index (χ4n) is 3.49. The Hall–Kier alpha value is -2.38. The van der Waals surface area contributed by atoms with E-state index >= 15 is 0 Å². The van der Waals surface area contributed by atoms with Crippen molar-refractivity contribution in [2.24, 2.45) is 0 Å². The zero-order valence-electron chi connectivity index (χ0n) is 16.3. The Bertz CT molecular complexity index is 1020. The van der Waals surface area contributed by atoms with Gasteiger partial charge in [0.15, 0.2) is 10.9 Å². The summed E-state index contributed by atoms with van der Waals surface area (Å²) in [5.74, 6) is 0.372. The Morgan fingerprint density at radius 3 is 2.72 bits per heavy atom. The molecule has 0 fully saturated rings. The maximum absolute atomic E-state index is 12.7. The Labute approximate surface area is 178 Å². The van der Waals surface area contributed by atoms with Crippen LogP contribution in [0, 0.1) is 0 Å². The number of thioether (sulfide) groups is 1. The number of carbonyl (C=O) groups excluding carboxylic acids is 2. The molecule has 0 saturated carbocycles. The molecule has 0 saturated heterocycles. The third kappa shape index (κ3) is 4.62. The van der Waals surface area contributed by atoms with E-state index in [1.807, 2.05) is 30.3 Å². The molecular weight excluding hydrogens is 402 g/mol. The van der Waals surface area contributed by atoms with E-state index in [1.54, 1.807) is 0 Å². The van der Waals surface area contributed by atoms with E-state index in [9.17, 15) is 9.59 Å². The zero-order chi connectivity index (χ0) is 20.2. The van der Waals surface area contributed by atoms with E-state index < -0.39 is 0 Å². The van der Waals surface area contributed by atoms with Gasteiger partial charge in [-0.15, -0.1) is 11.3 Å². The Morgan fingerprint density at radius 2 is 1.93 bits per heavy atom. The summed E-state index contributed by atoms with van der Waals surface area (Å²) in [6.07, 6.45) is 4.40. The third-order valence-electron chi connectivity index (χ3n) is 4.90. The van der Waals surface area contributed by atoms with Gasteiger partial charge >= 0.3 is 0 Å². The van der Waals surface area contributed by atoms with Crippen LogP contribution in [-0.4, -0.2) is 27.0 Å². The fraction of sp³-hybridized carbons (Fsp3) is 0.318. The molecule has 0 atom stereocenters. The van der Waals surface area contributed by atoms with Crippen LogP contribution in [0.2, 0.25) is 0 Å². The standard InChI is InChI=1S/C22H23N3O2S2/c1-15(26)23-13-17-11-12-21(29-17)20(27)14-28-22-24-18-9-5-6-10-19(18)25(22)16-7-3-2-4-8-16/h2-4,7-8,11-12H,5-6,9-10,13-14H2,1H3,(H,23,26). The maximum atomic E-state index is 12.7. The van der Waals surface area contributed by atoms with E-state index in [2.05, 4.69) is 22.0 Å². The number of nitrogens with zero attached hydrogens (tertiary/aromatic N) is 2. The molecule has 1 aliphatic rings. The van der Waals surface area contributed by atoms with Crippen LogP contribution in [0.3, 0.4) is 0 Å². The number of ketones is 1. The van der Waals surface area contributed by atoms with Crippen LogP contribution in [0.5, 0.6) is 0 Å². The molecule has 29 heavy (non-hydrogen) atoms. The summed E-state index contributed by atoms with van der Waals surface area (Å²) in [6, 6.07) is 14.0. The maximum Gasteiger partial charge on any atom is 0.217 e. The van der Waals surface area contributed by atoms with Gasteiger partial charge in [-0.2, -0.15) is 0 Å². The number of benzene rings is 1. The van der Waals surface area contributed by atoms with Crippen LogP contribution in [-0.2, 0) is 24.2 Å². The first-order valence-electron chi connectivity index (χ1n) is 9.77. The van der Waals surface area contributed by atoms with E-state index in [0.29, 0.717) is 12.3 Å². The molecular formula is C22H23N3O2S2. The van der Waals surface area contributed by atoms with Crippen LogP contribution in [0.4, 0.5) is 0 Å². The summed E-state index contributed by atoms with van der Waals surface area (Å²) in [5.41, 5.74) is 3.56. The quantitative estimate of drug-likeness (QED) is 0.449. The molecule has 7 heteroatoms. The first-order valence-corrected chi connectivity index (χ1v) is 11.6. The SMILES string of the molecule is CC(=O)NCc1ccc(C(=O)CSc2nc3c(n2-c2ccccc2)CCCC3)s1. The van der Waals surface area contributed by atoms with Crippen molar-refractivity contribution in [3.8, 4) is 5.69 Å². The summed E-state index contributed by atoms with van der Waals surface area (Å²) >= 11 is 2.95. The van der Waals surface area contributed by atoms with Crippen molar-refractivity contribution < 1.29 is 9.59 Å². The lowest BCUT2D eigenvalue weighted by atomic mass is 10.0. The number of para-hydroxylation sites is 1. The molecule has 0 bridgehead atoms. The molecule has 2 heterocycles. The molecule has 0 aliphatic heterocycles. The molecule has 2 aromatic heterocycles. The van der Waals surface area contributed by atoms with Crippen molar-refractivity contribution in [2.45, 2.75) is 44.3 Å². The average molecular weight is 426 g/mol. The molecule has 1 aliphatic carbocycles. The minimum absolute atomic E-state index is 0.0708. The predicted octanol–water partition coefficient (Wildman–Crippen LogP) is 4.42. The van der Waals surface area contributed by atoms with Gasteiger partial charge in [0.1, 0.15) is 0 Å². The topological polar surface area (TPSA) is 64.0 Å². The number of hydrogen-bond donors (Lipinski definition) is 1. The van der Waals surface area contributed by atoms with Crippen molar-refractivity contribution in [2.75, 3.05) is 5.75 Å². The second kappa shape index (κ2) is 8.97. The summed E-state index contributed by atoms with van der Waals surface area (Å²) in [5, 5.41) is 3.66. The van der Waals surface area contributed by atoms with Crippen molar-refractivity contribution >= 4 is 34.8 Å². The number of hydrogen-bond acceptors (Lipinski definition) is 5. The normalized spacial score (nSPS) is 13.1. The number of fused-ring (bicyclic) bond motifs is 1. The van der Waals surface area contributed by atoms with Crippen LogP contribution < -0.4 is 5.32 Å². The molecule has 5 nitrogen and oxygen atoms in total. The fourth-order valence-corrected chi connectivity index (χ4v) is 5.40. The highest BCUT2D eigenvalue weighted by Crippen LogP contribution is 2.31. The summed E-state index contributed by atoms with van der Waals surface area (Å²) in [4.78, 5) is 30.4. The summed E-state index contributed by atoms with van der Waals surface area (Å²) in [6.45, 7) is 1.95. The highest BCUT2D eigenvalue weighted by molar-refractivity contribution is 7.99. The van der Waals surface area contributed by atoms with Gasteiger partial charge in [0.2, 0.25) is 5.91 Å². The van der Waals surface area contributed by atoms with Gasteiger partial charge in [-0.05, 0) is 49.9 Å². The molecule has 150 valence electrons. The number of aromatic nitrogens is 2. The molecule has 0 radical (unpaired) electrons. The van der Waals surface area contributed by atoms with Gasteiger partial charge in [0.05, 0.1) is 22.9 Å². The smallest absolute Gasteiger partial charge is 0.217 e. The molecule has 4 rings (SSSR count). The van der Waals surface area contributed by atoms with Gasteiger partial charge in [-0.25, -0.2) is 4.98 Å². The molecule has 0 unspecified atom stereocenters. The number of imidazole rings is 1. The lowest BCUT2D eigenvalue weighted by molar-refractivity contribution is -0.119. The Balaban J connectivity index is 1.50. The lowest BCUT2D eigenvalue weighted by Gasteiger charge is -2.15. The van der Waals surface area contributed by atoms with Crippen LogP contribution in [0.1, 0.15) is 45.7 Å². The van der Waals surface area contributed by atoms with E-state index in [-0.39, 0.29) is 11.7 Å². The zero-order valence-corrected chi connectivity index (χ0v) is 17.9. The molecule has 1 aromatic carbocycles. The highest BCUT2D eigenvalue weighted by Gasteiger charge is 2.22. The highest BCUT2D eigenvalue weighted by atomic mass is 32.2. The monoisotopic (exact) mass is 425 g/mol. The van der Waals surface area contributed by atoms with E-state index in [4.69, 9.17) is 4.98 Å². The van der Waals surface area contributed by atoms with Gasteiger partial charge in [-0.1, -0.05) is 30.0 Å². The molecule has 1 amide bonds. The van der Waals surface area contributed by atoms with Gasteiger partial charge in [-0.3, -0.25) is 14.2 Å². The van der Waals surface area contributed by atoms with Crippen molar-refractivity contribution in [1.29, 1.82) is 0 Å². The van der Waals surface area contributed by atoms with Crippen molar-refractivity contribution in [1.82, 2.24) is 14.9 Å². The third-order valence-corrected chi connectivity index (χ3v) is 6.96. The first-order chi connectivity index (χ1) is 14.1. The number of rotatable bonds is 7. The molecule has 1 N–H and O–H groups in total. The number of thiophene rings is 1. The number of aryl methyl sites for hydroxylation is 1. The number of nitrogens with one attached hydrogen (secondary N) is 1. The van der Waals surface area contributed by atoms with E-state index in [0.717, 1.165) is 33.4 Å². The molecule has 0 spiro atoms. The van der Waals surface area contributed by atoms with Crippen LogP contribution in [0.15, 0.2) is 47.6 Å². The average Bonchev–Trinajstić information content (AvgIpc) is 3.35. The Kier molecular flexibility index (Phi) is 6.16. The predicted molar refractivity (Wildman–Crippen MR) is 117 cm³/mol. The number of Topliss-reactive ketones (excluding diaryl/α,β-unsaturated/α-hetero) is 1. The summed E-state index contributed by atoms with van der Waals surface area (Å²) < 4.78 is 2.23. The van der Waals surface area contributed by atoms with Crippen molar-refractivity contribution in [3.63, 3.8) is 0 Å². The second-order valence-electron chi connectivity index (χ2n) is 7.05. The van der Waals surface area contributed by atoms with Crippen LogP contribution in [0.25, 0.3) is 5.69 Å². The number of amides is 1. The minimum Gasteiger partial charge on any atom is -0.351 e. The summed E-state index contributed by atoms with van der Waals surface area (Å²) in [7, 11) is 0. The van der Waals surface area contributed by atoms with Crippen LogP contribution >= 0.6 is 23.1 Å². The van der Waals surface area contributed by atoms with Gasteiger partial charge in [0.25, 0.3) is 0 Å². The first kappa shape index (κ1) is 19.9. The largest absolute Gasteiger partial charge is 0.351 e. The Morgan fingerprint density at radius 1 is 1.14 bits per heavy atom. The van der Waals surface area contributed by atoms with Crippen molar-refractivity contribution in [3.05, 3.63) is 63.6 Å². The van der Waals surface area contributed by atoms with E-state index in [1.165, 1.54) is 54.3 Å². The van der Waals surface area contributed by atoms with Gasteiger partial charge in [0, 0.05) is 23.2 Å². The lowest BCUT2D eigenvalue weighted by Crippen LogP contribution is -2.18. The number of carbonyl (C=O) groups is 2. The molecule has 3 aromatic rings. The minimum atomic E-state index is -0.0708. The second-order valence-corrected chi connectivity index (χ2v) is 9.16.